The minimum atomic E-state index is 0.140. The largest absolute Gasteiger partial charge is 0.489 e. The second kappa shape index (κ2) is 4.49. The lowest BCUT2D eigenvalue weighted by Crippen LogP contribution is -2.06. The highest BCUT2D eigenvalue weighted by Gasteiger charge is 2.03. The van der Waals surface area contributed by atoms with Crippen LogP contribution in [0.25, 0.3) is 0 Å². The zero-order chi connectivity index (χ0) is 9.84. The molecule has 0 radical (unpaired) electrons. The normalized spacial score (nSPS) is 10.5. The van der Waals surface area contributed by atoms with Crippen molar-refractivity contribution in [3.63, 3.8) is 0 Å². The molecule has 1 aromatic rings. The lowest BCUT2D eigenvalue weighted by Gasteiger charge is -2.11. The summed E-state index contributed by atoms with van der Waals surface area (Å²) >= 11 is 5.97. The van der Waals surface area contributed by atoms with Crippen LogP contribution in [0.15, 0.2) is 18.2 Å². The molecule has 0 fully saturated rings. The van der Waals surface area contributed by atoms with Gasteiger partial charge in [-0.1, -0.05) is 17.7 Å². The van der Waals surface area contributed by atoms with Gasteiger partial charge in [0.1, 0.15) is 5.75 Å². The van der Waals surface area contributed by atoms with Crippen molar-refractivity contribution in [2.24, 2.45) is 5.73 Å². The minimum Gasteiger partial charge on any atom is -0.489 e. The SMILES string of the molecule is CC(C)Oc1ccc(CN)cc1Cl. The lowest BCUT2D eigenvalue weighted by molar-refractivity contribution is 0.242. The van der Waals surface area contributed by atoms with Gasteiger partial charge in [0, 0.05) is 6.54 Å². The Bertz CT molecular complexity index is 286. The number of hydrogen-bond acceptors (Lipinski definition) is 2. The van der Waals surface area contributed by atoms with E-state index in [2.05, 4.69) is 0 Å². The highest BCUT2D eigenvalue weighted by atomic mass is 35.5. The summed E-state index contributed by atoms with van der Waals surface area (Å²) in [6.07, 6.45) is 0.140. The smallest absolute Gasteiger partial charge is 0.138 e. The zero-order valence-electron chi connectivity index (χ0n) is 7.88. The average Bonchev–Trinajstić information content (AvgIpc) is 2.08. The molecular weight excluding hydrogens is 186 g/mol. The van der Waals surface area contributed by atoms with Crippen LogP contribution in [-0.2, 0) is 6.54 Å². The van der Waals surface area contributed by atoms with E-state index in [-0.39, 0.29) is 6.10 Å². The average molecular weight is 200 g/mol. The van der Waals surface area contributed by atoms with Crippen molar-refractivity contribution < 1.29 is 4.74 Å². The van der Waals surface area contributed by atoms with Crippen molar-refractivity contribution in [2.45, 2.75) is 26.5 Å². The Morgan fingerprint density at radius 1 is 1.46 bits per heavy atom. The number of halogens is 1. The second-order valence-corrected chi connectivity index (χ2v) is 3.54. The topological polar surface area (TPSA) is 35.2 Å². The van der Waals surface area contributed by atoms with Crippen LogP contribution in [0.5, 0.6) is 5.75 Å². The number of ether oxygens (including phenoxy) is 1. The highest BCUT2D eigenvalue weighted by molar-refractivity contribution is 6.32. The first-order valence-electron chi connectivity index (χ1n) is 4.28. The highest BCUT2D eigenvalue weighted by Crippen LogP contribution is 2.26. The van der Waals surface area contributed by atoms with E-state index in [4.69, 9.17) is 22.1 Å². The van der Waals surface area contributed by atoms with E-state index >= 15 is 0 Å². The molecule has 0 heterocycles. The standard InChI is InChI=1S/C10H14ClNO/c1-7(2)13-10-4-3-8(6-12)5-9(10)11/h3-5,7H,6,12H2,1-2H3. The Labute approximate surface area is 83.6 Å². The van der Waals surface area contributed by atoms with E-state index in [1.807, 2.05) is 32.0 Å². The van der Waals surface area contributed by atoms with E-state index in [0.29, 0.717) is 17.3 Å². The van der Waals surface area contributed by atoms with Gasteiger partial charge in [0.15, 0.2) is 0 Å². The molecule has 3 heteroatoms. The summed E-state index contributed by atoms with van der Waals surface area (Å²) in [5.41, 5.74) is 6.49. The van der Waals surface area contributed by atoms with Gasteiger partial charge in [0.2, 0.25) is 0 Å². The Hall–Kier alpha value is -0.730. The number of rotatable bonds is 3. The Kier molecular flexibility index (Phi) is 3.58. The molecule has 0 aromatic heterocycles. The summed E-state index contributed by atoms with van der Waals surface area (Å²) in [6, 6.07) is 5.60. The van der Waals surface area contributed by atoms with E-state index in [1.54, 1.807) is 0 Å². The number of benzene rings is 1. The summed E-state index contributed by atoms with van der Waals surface area (Å²) in [5, 5.41) is 0.622. The van der Waals surface area contributed by atoms with Gasteiger partial charge in [-0.25, -0.2) is 0 Å². The summed E-state index contributed by atoms with van der Waals surface area (Å²) in [7, 11) is 0. The van der Waals surface area contributed by atoms with Crippen molar-refractivity contribution >= 4 is 11.6 Å². The third kappa shape index (κ3) is 2.90. The molecule has 0 unspecified atom stereocenters. The Morgan fingerprint density at radius 2 is 2.15 bits per heavy atom. The molecule has 0 saturated heterocycles. The van der Waals surface area contributed by atoms with Gasteiger partial charge in [0.25, 0.3) is 0 Å². The molecule has 0 spiro atoms. The third-order valence-corrected chi connectivity index (χ3v) is 1.89. The summed E-state index contributed by atoms with van der Waals surface area (Å²) in [4.78, 5) is 0. The van der Waals surface area contributed by atoms with Crippen LogP contribution in [0.3, 0.4) is 0 Å². The van der Waals surface area contributed by atoms with E-state index in [1.165, 1.54) is 0 Å². The number of nitrogens with two attached hydrogens (primary N) is 1. The van der Waals surface area contributed by atoms with E-state index in [9.17, 15) is 0 Å². The predicted octanol–water partition coefficient (Wildman–Crippen LogP) is 2.59. The summed E-state index contributed by atoms with van der Waals surface area (Å²) in [5.74, 6) is 0.717. The summed E-state index contributed by atoms with van der Waals surface area (Å²) in [6.45, 7) is 4.43. The molecule has 0 aliphatic heterocycles. The van der Waals surface area contributed by atoms with Crippen LogP contribution in [0.1, 0.15) is 19.4 Å². The van der Waals surface area contributed by atoms with Gasteiger partial charge in [-0.2, -0.15) is 0 Å². The Morgan fingerprint density at radius 3 is 2.62 bits per heavy atom. The van der Waals surface area contributed by atoms with E-state index < -0.39 is 0 Å². The molecule has 0 aliphatic rings. The molecular formula is C10H14ClNO. The van der Waals surface area contributed by atoms with Crippen molar-refractivity contribution in [2.75, 3.05) is 0 Å². The molecule has 72 valence electrons. The molecule has 0 aliphatic carbocycles. The zero-order valence-corrected chi connectivity index (χ0v) is 8.64. The monoisotopic (exact) mass is 199 g/mol. The lowest BCUT2D eigenvalue weighted by atomic mass is 10.2. The van der Waals surface area contributed by atoms with Crippen LogP contribution < -0.4 is 10.5 Å². The summed E-state index contributed by atoms with van der Waals surface area (Å²) < 4.78 is 5.47. The molecule has 1 rings (SSSR count). The van der Waals surface area contributed by atoms with Gasteiger partial charge in [-0.15, -0.1) is 0 Å². The second-order valence-electron chi connectivity index (χ2n) is 3.14. The predicted molar refractivity (Wildman–Crippen MR) is 55.1 cm³/mol. The fourth-order valence-corrected chi connectivity index (χ4v) is 1.27. The molecule has 0 atom stereocenters. The molecule has 13 heavy (non-hydrogen) atoms. The van der Waals surface area contributed by atoms with Gasteiger partial charge in [-0.3, -0.25) is 0 Å². The first-order chi connectivity index (χ1) is 6.13. The van der Waals surface area contributed by atoms with Crippen molar-refractivity contribution in [3.8, 4) is 5.75 Å². The minimum absolute atomic E-state index is 0.140. The molecule has 2 N–H and O–H groups in total. The maximum Gasteiger partial charge on any atom is 0.138 e. The van der Waals surface area contributed by atoms with Crippen LogP contribution in [0.2, 0.25) is 5.02 Å². The molecule has 0 saturated carbocycles. The number of hydrogen-bond donors (Lipinski definition) is 1. The first-order valence-corrected chi connectivity index (χ1v) is 4.66. The van der Waals surface area contributed by atoms with Crippen LogP contribution in [0.4, 0.5) is 0 Å². The van der Waals surface area contributed by atoms with Gasteiger partial charge >= 0.3 is 0 Å². The third-order valence-electron chi connectivity index (χ3n) is 1.59. The van der Waals surface area contributed by atoms with Gasteiger partial charge in [0.05, 0.1) is 11.1 Å². The fraction of sp³-hybridized carbons (Fsp3) is 0.400. The molecule has 0 amide bonds. The van der Waals surface area contributed by atoms with E-state index in [0.717, 1.165) is 5.56 Å². The van der Waals surface area contributed by atoms with Gasteiger partial charge < -0.3 is 10.5 Å². The maximum atomic E-state index is 5.97. The molecule has 1 aromatic carbocycles. The van der Waals surface area contributed by atoms with Crippen LogP contribution in [0, 0.1) is 0 Å². The molecule has 0 bridgehead atoms. The fourth-order valence-electron chi connectivity index (χ4n) is 1.02. The molecule has 2 nitrogen and oxygen atoms in total. The maximum absolute atomic E-state index is 5.97. The van der Waals surface area contributed by atoms with Crippen LogP contribution in [-0.4, -0.2) is 6.10 Å². The van der Waals surface area contributed by atoms with Crippen molar-refractivity contribution in [3.05, 3.63) is 28.8 Å². The Balaban J connectivity index is 2.85. The van der Waals surface area contributed by atoms with Crippen LogP contribution >= 0.6 is 11.6 Å². The van der Waals surface area contributed by atoms with Crippen molar-refractivity contribution in [1.82, 2.24) is 0 Å². The van der Waals surface area contributed by atoms with Crippen molar-refractivity contribution in [1.29, 1.82) is 0 Å². The van der Waals surface area contributed by atoms with Gasteiger partial charge in [-0.05, 0) is 31.5 Å². The quantitative estimate of drug-likeness (QED) is 0.812. The first kappa shape index (κ1) is 10.4.